The molecule has 2 aromatic heterocycles. The number of nitrogens with zero attached hydrogens (tertiary/aromatic N) is 5. The minimum absolute atomic E-state index is 0. The standard InChI is InChI=1S/C10H14ClN7.2ClH/c1-6-4-13-2-3-17(6)10-16-9(12)15-8-7(11)5-14-18(8)10;;/h5-6,13H,2-4H2,1H3,(H2,12,15);2*1H/t6-;;/m0../s1. The summed E-state index contributed by atoms with van der Waals surface area (Å²) < 4.78 is 1.64. The molecular weight excluding hydrogens is 325 g/mol. The number of hydrogen-bond donors (Lipinski definition) is 2. The van der Waals surface area contributed by atoms with Gasteiger partial charge in [-0.25, -0.2) is 0 Å². The number of anilines is 2. The molecule has 1 atom stereocenters. The van der Waals surface area contributed by atoms with Crippen LogP contribution in [-0.2, 0) is 0 Å². The number of hydrogen-bond acceptors (Lipinski definition) is 6. The first-order valence-electron chi connectivity index (χ1n) is 5.81. The van der Waals surface area contributed by atoms with Crippen LogP contribution in [0.15, 0.2) is 6.20 Å². The van der Waals surface area contributed by atoms with E-state index in [-0.39, 0.29) is 30.8 Å². The second-order valence-corrected chi connectivity index (χ2v) is 4.76. The Morgan fingerprint density at radius 1 is 1.40 bits per heavy atom. The Bertz CT molecular complexity index is 587. The van der Waals surface area contributed by atoms with Gasteiger partial charge in [0.2, 0.25) is 11.9 Å². The van der Waals surface area contributed by atoms with Gasteiger partial charge in [-0.3, -0.25) is 0 Å². The van der Waals surface area contributed by atoms with Crippen LogP contribution in [0.1, 0.15) is 6.92 Å². The van der Waals surface area contributed by atoms with Crippen LogP contribution in [0.25, 0.3) is 5.65 Å². The van der Waals surface area contributed by atoms with Crippen molar-refractivity contribution in [2.45, 2.75) is 13.0 Å². The van der Waals surface area contributed by atoms with Crippen molar-refractivity contribution >= 4 is 54.0 Å². The van der Waals surface area contributed by atoms with Gasteiger partial charge in [-0.1, -0.05) is 11.6 Å². The number of piperazine rings is 1. The van der Waals surface area contributed by atoms with Crippen molar-refractivity contribution in [3.05, 3.63) is 11.2 Å². The van der Waals surface area contributed by atoms with E-state index in [1.54, 1.807) is 10.7 Å². The molecule has 112 valence electrons. The fraction of sp³-hybridized carbons (Fsp3) is 0.500. The van der Waals surface area contributed by atoms with Gasteiger partial charge >= 0.3 is 0 Å². The zero-order valence-corrected chi connectivity index (χ0v) is 13.2. The fourth-order valence-corrected chi connectivity index (χ4v) is 2.34. The van der Waals surface area contributed by atoms with E-state index in [1.807, 2.05) is 0 Å². The van der Waals surface area contributed by atoms with E-state index >= 15 is 0 Å². The van der Waals surface area contributed by atoms with Crippen molar-refractivity contribution in [1.29, 1.82) is 0 Å². The SMILES string of the molecule is C[C@H]1CNCCN1c1nc(N)nc2c(Cl)cnn12.Cl.Cl. The summed E-state index contributed by atoms with van der Waals surface area (Å²) in [6, 6.07) is 0.319. The van der Waals surface area contributed by atoms with Crippen molar-refractivity contribution in [3.8, 4) is 0 Å². The van der Waals surface area contributed by atoms with E-state index in [0.29, 0.717) is 22.7 Å². The quantitative estimate of drug-likeness (QED) is 0.806. The van der Waals surface area contributed by atoms with Crippen LogP contribution < -0.4 is 16.0 Å². The highest BCUT2D eigenvalue weighted by Gasteiger charge is 2.23. The molecule has 0 aromatic carbocycles. The molecule has 0 saturated carbocycles. The average molecular weight is 341 g/mol. The predicted octanol–water partition coefficient (Wildman–Crippen LogP) is 1.00. The molecule has 2 aromatic rings. The molecule has 3 N–H and O–H groups in total. The summed E-state index contributed by atoms with van der Waals surface area (Å²) in [5.74, 6) is 0.907. The van der Waals surface area contributed by atoms with Crippen LogP contribution in [0.5, 0.6) is 0 Å². The highest BCUT2D eigenvalue weighted by Crippen LogP contribution is 2.22. The third kappa shape index (κ3) is 2.85. The van der Waals surface area contributed by atoms with Gasteiger partial charge in [-0.05, 0) is 6.92 Å². The molecule has 20 heavy (non-hydrogen) atoms. The maximum atomic E-state index is 6.03. The molecule has 0 aliphatic carbocycles. The summed E-state index contributed by atoms with van der Waals surface area (Å²) >= 11 is 6.03. The van der Waals surface area contributed by atoms with Crippen LogP contribution in [0.4, 0.5) is 11.9 Å². The Morgan fingerprint density at radius 2 is 2.15 bits per heavy atom. The molecule has 0 bridgehead atoms. The third-order valence-electron chi connectivity index (χ3n) is 3.08. The Balaban J connectivity index is 0.000001000. The van der Waals surface area contributed by atoms with Crippen molar-refractivity contribution in [3.63, 3.8) is 0 Å². The largest absolute Gasteiger partial charge is 0.368 e. The number of halogens is 3. The van der Waals surface area contributed by atoms with Crippen molar-refractivity contribution in [1.82, 2.24) is 24.9 Å². The lowest BCUT2D eigenvalue weighted by Crippen LogP contribution is -2.51. The summed E-state index contributed by atoms with van der Waals surface area (Å²) in [5.41, 5.74) is 6.29. The van der Waals surface area contributed by atoms with Crippen LogP contribution in [0.3, 0.4) is 0 Å². The predicted molar refractivity (Wildman–Crippen MR) is 84.4 cm³/mol. The van der Waals surface area contributed by atoms with Gasteiger partial charge in [-0.15, -0.1) is 24.8 Å². The van der Waals surface area contributed by atoms with Gasteiger partial charge in [0.15, 0.2) is 5.65 Å². The second kappa shape index (κ2) is 6.62. The molecule has 1 aliphatic heterocycles. The maximum Gasteiger partial charge on any atom is 0.232 e. The topological polar surface area (TPSA) is 84.4 Å². The maximum absolute atomic E-state index is 6.03. The summed E-state index contributed by atoms with van der Waals surface area (Å²) in [4.78, 5) is 10.6. The number of nitrogen functional groups attached to an aromatic ring is 1. The molecule has 1 aliphatic rings. The lowest BCUT2D eigenvalue weighted by atomic mass is 10.2. The first-order valence-corrected chi connectivity index (χ1v) is 6.18. The van der Waals surface area contributed by atoms with Gasteiger partial charge in [0.25, 0.3) is 0 Å². The Morgan fingerprint density at radius 3 is 2.85 bits per heavy atom. The van der Waals surface area contributed by atoms with E-state index in [2.05, 4.69) is 32.2 Å². The molecule has 3 heterocycles. The second-order valence-electron chi connectivity index (χ2n) is 4.36. The lowest BCUT2D eigenvalue weighted by molar-refractivity contribution is 0.488. The smallest absolute Gasteiger partial charge is 0.232 e. The molecule has 0 amide bonds. The highest BCUT2D eigenvalue weighted by molar-refractivity contribution is 6.33. The number of nitrogens with one attached hydrogen (secondary N) is 1. The minimum Gasteiger partial charge on any atom is -0.368 e. The monoisotopic (exact) mass is 339 g/mol. The van der Waals surface area contributed by atoms with Crippen LogP contribution in [0.2, 0.25) is 5.02 Å². The molecule has 1 fully saturated rings. The zero-order chi connectivity index (χ0) is 12.7. The number of nitrogens with two attached hydrogens (primary N) is 1. The summed E-state index contributed by atoms with van der Waals surface area (Å²) in [6.07, 6.45) is 1.56. The van der Waals surface area contributed by atoms with Gasteiger partial charge in [0.05, 0.1) is 6.20 Å². The molecule has 7 nitrogen and oxygen atoms in total. The highest BCUT2D eigenvalue weighted by atomic mass is 35.5. The Kier molecular flexibility index (Phi) is 5.64. The first-order chi connectivity index (χ1) is 8.66. The summed E-state index contributed by atoms with van der Waals surface area (Å²) in [6.45, 7) is 4.79. The molecule has 3 rings (SSSR count). The number of aromatic nitrogens is 4. The molecule has 1 saturated heterocycles. The third-order valence-corrected chi connectivity index (χ3v) is 3.35. The number of rotatable bonds is 1. The van der Waals surface area contributed by atoms with E-state index in [4.69, 9.17) is 17.3 Å². The van der Waals surface area contributed by atoms with Gasteiger partial charge in [-0.2, -0.15) is 19.6 Å². The number of fused-ring (bicyclic) bond motifs is 1. The zero-order valence-electron chi connectivity index (χ0n) is 10.8. The molecule has 0 unspecified atom stereocenters. The molecule has 0 spiro atoms. The van der Waals surface area contributed by atoms with E-state index in [9.17, 15) is 0 Å². The molecule has 10 heteroatoms. The molecule has 0 radical (unpaired) electrons. The van der Waals surface area contributed by atoms with Gasteiger partial charge in [0.1, 0.15) is 5.02 Å². The van der Waals surface area contributed by atoms with Crippen molar-refractivity contribution in [2.24, 2.45) is 0 Å². The first kappa shape index (κ1) is 17.0. The van der Waals surface area contributed by atoms with Crippen molar-refractivity contribution < 1.29 is 0 Å². The summed E-state index contributed by atoms with van der Waals surface area (Å²) in [5, 5.41) is 8.02. The van der Waals surface area contributed by atoms with Gasteiger partial charge < -0.3 is 16.0 Å². The van der Waals surface area contributed by atoms with Crippen molar-refractivity contribution in [2.75, 3.05) is 30.3 Å². The van der Waals surface area contributed by atoms with E-state index in [0.717, 1.165) is 19.6 Å². The molecular formula is C10H16Cl3N7. The normalized spacial score (nSPS) is 18.5. The minimum atomic E-state index is 0. The Labute approximate surface area is 133 Å². The van der Waals surface area contributed by atoms with E-state index in [1.165, 1.54) is 0 Å². The fourth-order valence-electron chi connectivity index (χ4n) is 2.18. The van der Waals surface area contributed by atoms with E-state index < -0.39 is 0 Å². The Hall–Kier alpha value is -1.02. The summed E-state index contributed by atoms with van der Waals surface area (Å²) in [7, 11) is 0. The van der Waals surface area contributed by atoms with Crippen LogP contribution >= 0.6 is 36.4 Å². The lowest BCUT2D eigenvalue weighted by Gasteiger charge is -2.34. The van der Waals surface area contributed by atoms with Gasteiger partial charge in [0, 0.05) is 25.7 Å². The van der Waals surface area contributed by atoms with Crippen LogP contribution in [-0.4, -0.2) is 45.3 Å². The van der Waals surface area contributed by atoms with Crippen LogP contribution in [0, 0.1) is 0 Å². The average Bonchev–Trinajstić information content (AvgIpc) is 2.71.